The summed E-state index contributed by atoms with van der Waals surface area (Å²) in [6.45, 7) is 5.01. The molecule has 1 N–H and O–H groups in total. The second kappa shape index (κ2) is 6.52. The summed E-state index contributed by atoms with van der Waals surface area (Å²) in [4.78, 5) is 12.0. The predicted molar refractivity (Wildman–Crippen MR) is 71.7 cm³/mol. The van der Waals surface area contributed by atoms with Crippen molar-refractivity contribution in [3.05, 3.63) is 0 Å². The van der Waals surface area contributed by atoms with E-state index in [0.717, 1.165) is 12.8 Å². The van der Waals surface area contributed by atoms with Crippen LogP contribution >= 0.6 is 0 Å². The molecule has 1 rings (SSSR count). The van der Waals surface area contributed by atoms with Crippen LogP contribution in [0, 0.1) is 5.92 Å². The second-order valence-corrected chi connectivity index (χ2v) is 7.12. The molecule has 0 aliphatic carbocycles. The summed E-state index contributed by atoms with van der Waals surface area (Å²) in [6, 6.07) is 0.204. The number of amides is 1. The third kappa shape index (κ3) is 4.57. The van der Waals surface area contributed by atoms with E-state index >= 15 is 0 Å². The minimum absolute atomic E-state index is 0.0395. The van der Waals surface area contributed by atoms with Crippen LogP contribution < -0.4 is 5.32 Å². The first kappa shape index (κ1) is 15.4. The monoisotopic (exact) mass is 276 g/mol. The van der Waals surface area contributed by atoms with Gasteiger partial charge in [-0.1, -0.05) is 13.3 Å². The molecule has 0 radical (unpaired) electrons. The lowest BCUT2D eigenvalue weighted by atomic mass is 9.96. The number of nitrogens with zero attached hydrogens (tertiary/aromatic N) is 1. The molecule has 106 valence electrons. The zero-order valence-electron chi connectivity index (χ0n) is 11.5. The van der Waals surface area contributed by atoms with Crippen LogP contribution in [0.1, 0.15) is 39.5 Å². The van der Waals surface area contributed by atoms with Crippen LogP contribution in [0.15, 0.2) is 0 Å². The first-order valence-corrected chi connectivity index (χ1v) is 8.45. The SMILES string of the molecule is CCC[C@@H](C)NC(=O)C1CCN(S(C)(=O)=O)CC1. The van der Waals surface area contributed by atoms with Crippen LogP contribution in [0.4, 0.5) is 0 Å². The zero-order chi connectivity index (χ0) is 13.8. The lowest BCUT2D eigenvalue weighted by Crippen LogP contribution is -2.44. The minimum atomic E-state index is -3.11. The van der Waals surface area contributed by atoms with Crippen molar-refractivity contribution < 1.29 is 13.2 Å². The summed E-state index contributed by atoms with van der Waals surface area (Å²) in [5.41, 5.74) is 0. The van der Waals surface area contributed by atoms with E-state index in [9.17, 15) is 13.2 Å². The van der Waals surface area contributed by atoms with Gasteiger partial charge in [0.05, 0.1) is 6.26 Å². The van der Waals surface area contributed by atoms with Crippen LogP contribution in [0.25, 0.3) is 0 Å². The van der Waals surface area contributed by atoms with E-state index in [1.165, 1.54) is 10.6 Å². The van der Waals surface area contributed by atoms with Crippen LogP contribution in [-0.2, 0) is 14.8 Å². The standard InChI is InChI=1S/C12H24N2O3S/c1-4-5-10(2)13-12(15)11-6-8-14(9-7-11)18(3,16)17/h10-11H,4-9H2,1-3H3,(H,13,15)/t10-/m1/s1. The summed E-state index contributed by atoms with van der Waals surface area (Å²) in [5, 5.41) is 3.00. The summed E-state index contributed by atoms with van der Waals surface area (Å²) in [5.74, 6) is 0.0337. The highest BCUT2D eigenvalue weighted by atomic mass is 32.2. The minimum Gasteiger partial charge on any atom is -0.353 e. The normalized spacial score (nSPS) is 20.6. The van der Waals surface area contributed by atoms with Crippen LogP contribution in [0.5, 0.6) is 0 Å². The molecule has 5 nitrogen and oxygen atoms in total. The van der Waals surface area contributed by atoms with Gasteiger partial charge in [0.15, 0.2) is 0 Å². The average molecular weight is 276 g/mol. The van der Waals surface area contributed by atoms with Gasteiger partial charge in [0, 0.05) is 25.0 Å². The van der Waals surface area contributed by atoms with Gasteiger partial charge in [-0.05, 0) is 26.2 Å². The van der Waals surface area contributed by atoms with Gasteiger partial charge in [-0.25, -0.2) is 12.7 Å². The van der Waals surface area contributed by atoms with Crippen molar-refractivity contribution in [3.63, 3.8) is 0 Å². The molecule has 0 aromatic heterocycles. The largest absolute Gasteiger partial charge is 0.353 e. The number of carbonyl (C=O) groups is 1. The van der Waals surface area contributed by atoms with Gasteiger partial charge in [0.1, 0.15) is 0 Å². The Labute approximate surface area is 110 Å². The molecule has 1 aliphatic heterocycles. The molecule has 0 unspecified atom stereocenters. The molecule has 0 spiro atoms. The van der Waals surface area contributed by atoms with E-state index in [-0.39, 0.29) is 17.9 Å². The van der Waals surface area contributed by atoms with E-state index in [1.54, 1.807) is 0 Å². The molecule has 0 aromatic rings. The van der Waals surface area contributed by atoms with Gasteiger partial charge in [0.25, 0.3) is 0 Å². The number of carbonyl (C=O) groups excluding carboxylic acids is 1. The Morgan fingerprint density at radius 2 is 1.94 bits per heavy atom. The number of rotatable bonds is 5. The Hall–Kier alpha value is -0.620. The summed E-state index contributed by atoms with van der Waals surface area (Å²) >= 11 is 0. The maximum Gasteiger partial charge on any atom is 0.223 e. The van der Waals surface area contributed by atoms with Gasteiger partial charge >= 0.3 is 0 Å². The van der Waals surface area contributed by atoms with Crippen molar-refractivity contribution in [2.75, 3.05) is 19.3 Å². The van der Waals surface area contributed by atoms with Gasteiger partial charge in [-0.2, -0.15) is 0 Å². The average Bonchev–Trinajstić information content (AvgIpc) is 2.28. The molecule has 1 amide bonds. The topological polar surface area (TPSA) is 66.5 Å². The first-order chi connectivity index (χ1) is 8.34. The number of nitrogens with one attached hydrogen (secondary N) is 1. The smallest absolute Gasteiger partial charge is 0.223 e. The Bertz CT molecular complexity index is 373. The fraction of sp³-hybridized carbons (Fsp3) is 0.917. The third-order valence-electron chi connectivity index (χ3n) is 3.40. The molecular weight excluding hydrogens is 252 g/mol. The Balaban J connectivity index is 2.41. The first-order valence-electron chi connectivity index (χ1n) is 6.60. The van der Waals surface area contributed by atoms with E-state index < -0.39 is 10.0 Å². The van der Waals surface area contributed by atoms with Crippen LogP contribution in [-0.4, -0.2) is 44.0 Å². The molecule has 1 fully saturated rings. The van der Waals surface area contributed by atoms with Gasteiger partial charge in [-0.15, -0.1) is 0 Å². The zero-order valence-corrected chi connectivity index (χ0v) is 12.3. The van der Waals surface area contributed by atoms with E-state index in [2.05, 4.69) is 12.2 Å². The second-order valence-electron chi connectivity index (χ2n) is 5.13. The molecule has 6 heteroatoms. The lowest BCUT2D eigenvalue weighted by Gasteiger charge is -2.30. The maximum atomic E-state index is 12.0. The highest BCUT2D eigenvalue weighted by Crippen LogP contribution is 2.19. The number of hydrogen-bond donors (Lipinski definition) is 1. The van der Waals surface area contributed by atoms with Crippen molar-refractivity contribution >= 4 is 15.9 Å². The summed E-state index contributed by atoms with van der Waals surface area (Å²) in [7, 11) is -3.11. The lowest BCUT2D eigenvalue weighted by molar-refractivity contribution is -0.126. The highest BCUT2D eigenvalue weighted by Gasteiger charge is 2.29. The van der Waals surface area contributed by atoms with Crippen molar-refractivity contribution in [1.82, 2.24) is 9.62 Å². The number of hydrogen-bond acceptors (Lipinski definition) is 3. The molecule has 1 heterocycles. The van der Waals surface area contributed by atoms with Gasteiger partial charge in [-0.3, -0.25) is 4.79 Å². The number of sulfonamides is 1. The van der Waals surface area contributed by atoms with E-state index in [4.69, 9.17) is 0 Å². The summed E-state index contributed by atoms with van der Waals surface area (Å²) in [6.07, 6.45) is 4.49. The molecule has 0 saturated carbocycles. The molecule has 1 atom stereocenters. The Kier molecular flexibility index (Phi) is 5.59. The van der Waals surface area contributed by atoms with Crippen LogP contribution in [0.2, 0.25) is 0 Å². The molecule has 1 saturated heterocycles. The fourth-order valence-electron chi connectivity index (χ4n) is 2.32. The molecular formula is C12H24N2O3S. The molecule has 0 bridgehead atoms. The number of piperidine rings is 1. The molecule has 1 aliphatic rings. The van der Waals surface area contributed by atoms with Crippen molar-refractivity contribution in [1.29, 1.82) is 0 Å². The van der Waals surface area contributed by atoms with Crippen LogP contribution in [0.3, 0.4) is 0 Å². The summed E-state index contributed by atoms with van der Waals surface area (Å²) < 4.78 is 24.2. The Morgan fingerprint density at radius 3 is 2.39 bits per heavy atom. The van der Waals surface area contributed by atoms with Gasteiger partial charge in [0.2, 0.25) is 15.9 Å². The van der Waals surface area contributed by atoms with Crippen molar-refractivity contribution in [2.45, 2.75) is 45.6 Å². The molecule has 0 aromatic carbocycles. The predicted octanol–water partition coefficient (Wildman–Crippen LogP) is 0.963. The van der Waals surface area contributed by atoms with E-state index in [1.807, 2.05) is 6.92 Å². The van der Waals surface area contributed by atoms with Crippen molar-refractivity contribution in [3.8, 4) is 0 Å². The van der Waals surface area contributed by atoms with Gasteiger partial charge < -0.3 is 5.32 Å². The Morgan fingerprint density at radius 1 is 1.39 bits per heavy atom. The fourth-order valence-corrected chi connectivity index (χ4v) is 3.19. The highest BCUT2D eigenvalue weighted by molar-refractivity contribution is 7.88. The third-order valence-corrected chi connectivity index (χ3v) is 4.71. The molecule has 18 heavy (non-hydrogen) atoms. The maximum absolute atomic E-state index is 12.0. The van der Waals surface area contributed by atoms with E-state index in [0.29, 0.717) is 25.9 Å². The quantitative estimate of drug-likeness (QED) is 0.813. The van der Waals surface area contributed by atoms with Crippen molar-refractivity contribution in [2.24, 2.45) is 5.92 Å².